The molecular weight excluding hydrogens is 654 g/mol. The van der Waals surface area contributed by atoms with Crippen LogP contribution >= 0.6 is 0 Å². The van der Waals surface area contributed by atoms with Gasteiger partial charge in [-0.2, -0.15) is 0 Å². The van der Waals surface area contributed by atoms with E-state index in [0.717, 1.165) is 0 Å². The Morgan fingerprint density at radius 3 is 2.12 bits per heavy atom. The van der Waals surface area contributed by atoms with Crippen LogP contribution in [0.15, 0.2) is 30.3 Å². The van der Waals surface area contributed by atoms with E-state index in [-0.39, 0.29) is 35.6 Å². The monoisotopic (exact) mass is 711 g/mol. The number of amides is 7. The number of ketones is 1. The fourth-order valence-corrected chi connectivity index (χ4v) is 6.81. The van der Waals surface area contributed by atoms with Crippen molar-refractivity contribution in [3.63, 3.8) is 0 Å². The minimum atomic E-state index is -1.20. The van der Waals surface area contributed by atoms with E-state index in [0.29, 0.717) is 24.9 Å². The number of hydrogen-bond donors (Lipinski definition) is 5. The second kappa shape index (κ2) is 16.7. The molecule has 5 N–H and O–H groups in total. The number of Topliss-reactive ketones (excluding diaryl/α,β-unsaturated/α-hetero) is 1. The maximum Gasteiger partial charge on any atom is 0.315 e. The summed E-state index contributed by atoms with van der Waals surface area (Å²) in [5.74, 6) is -4.10. The van der Waals surface area contributed by atoms with Crippen LogP contribution in [0.3, 0.4) is 0 Å². The molecular formula is C37H57N7O7. The van der Waals surface area contributed by atoms with Gasteiger partial charge in [0.1, 0.15) is 18.1 Å². The lowest BCUT2D eigenvalue weighted by Gasteiger charge is -2.38. The van der Waals surface area contributed by atoms with Gasteiger partial charge in [-0.3, -0.25) is 28.8 Å². The van der Waals surface area contributed by atoms with Crippen molar-refractivity contribution in [1.29, 1.82) is 0 Å². The Kier molecular flexibility index (Phi) is 13.4. The Labute approximate surface area is 301 Å². The van der Waals surface area contributed by atoms with Crippen LogP contribution in [0.4, 0.5) is 4.79 Å². The van der Waals surface area contributed by atoms with Crippen molar-refractivity contribution in [1.82, 2.24) is 36.4 Å². The maximum absolute atomic E-state index is 14.1. The summed E-state index contributed by atoms with van der Waals surface area (Å²) < 4.78 is 0. The first kappa shape index (κ1) is 40.9. The maximum atomic E-state index is 14.1. The van der Waals surface area contributed by atoms with Gasteiger partial charge in [0.2, 0.25) is 29.4 Å². The number of likely N-dealkylation sites (N-methyl/N-ethyl adjacent to an activating group) is 1. The first-order valence-corrected chi connectivity index (χ1v) is 17.8. The summed E-state index contributed by atoms with van der Waals surface area (Å²) in [6.07, 6.45) is 1.39. The zero-order valence-electron chi connectivity index (χ0n) is 31.7. The lowest BCUT2D eigenvalue weighted by atomic mass is 9.85. The van der Waals surface area contributed by atoms with Gasteiger partial charge in [-0.1, -0.05) is 84.7 Å². The van der Waals surface area contributed by atoms with Gasteiger partial charge >= 0.3 is 6.03 Å². The molecule has 3 rings (SSSR count). The fourth-order valence-electron chi connectivity index (χ4n) is 6.81. The van der Waals surface area contributed by atoms with Gasteiger partial charge in [0.25, 0.3) is 5.91 Å². The van der Waals surface area contributed by atoms with Crippen molar-refractivity contribution in [2.24, 2.45) is 22.7 Å². The van der Waals surface area contributed by atoms with Crippen LogP contribution in [0, 0.1) is 22.7 Å². The van der Waals surface area contributed by atoms with Gasteiger partial charge < -0.3 is 36.4 Å². The number of nitrogens with zero attached hydrogens (tertiary/aromatic N) is 2. The van der Waals surface area contributed by atoms with Crippen LogP contribution < -0.4 is 26.6 Å². The van der Waals surface area contributed by atoms with E-state index in [4.69, 9.17) is 0 Å². The molecule has 2 fully saturated rings. The van der Waals surface area contributed by atoms with Crippen molar-refractivity contribution < 1.29 is 33.6 Å². The van der Waals surface area contributed by atoms with E-state index < -0.39 is 71.6 Å². The summed E-state index contributed by atoms with van der Waals surface area (Å²) in [6.45, 7) is 14.9. The number of piperidine rings is 1. The molecule has 0 radical (unpaired) electrons. The Morgan fingerprint density at radius 2 is 1.57 bits per heavy atom. The van der Waals surface area contributed by atoms with E-state index >= 15 is 0 Å². The van der Waals surface area contributed by atoms with Crippen LogP contribution in [0.1, 0.15) is 86.3 Å². The summed E-state index contributed by atoms with van der Waals surface area (Å²) in [4.78, 5) is 96.0. The third kappa shape index (κ3) is 10.1. The Morgan fingerprint density at radius 1 is 0.941 bits per heavy atom. The van der Waals surface area contributed by atoms with Gasteiger partial charge in [-0.05, 0) is 48.5 Å². The molecule has 6 atom stereocenters. The van der Waals surface area contributed by atoms with E-state index in [1.165, 1.54) is 9.80 Å². The molecule has 1 unspecified atom stereocenters. The van der Waals surface area contributed by atoms with Crippen molar-refractivity contribution in [2.45, 2.75) is 105 Å². The second-order valence-electron chi connectivity index (χ2n) is 15.9. The van der Waals surface area contributed by atoms with Crippen LogP contribution in [0.2, 0.25) is 0 Å². The number of likely N-dealkylation sites (tertiary alicyclic amines) is 1. The Hall–Kier alpha value is -4.49. The average Bonchev–Trinajstić information content (AvgIpc) is 3.36. The molecule has 0 bridgehead atoms. The van der Waals surface area contributed by atoms with E-state index in [2.05, 4.69) is 26.6 Å². The van der Waals surface area contributed by atoms with E-state index in [1.54, 1.807) is 44.4 Å². The minimum absolute atomic E-state index is 0.0491. The summed E-state index contributed by atoms with van der Waals surface area (Å²) in [7, 11) is 3.12. The molecule has 1 aromatic carbocycles. The molecule has 0 spiro atoms. The van der Waals surface area contributed by atoms with E-state index in [1.807, 2.05) is 55.4 Å². The second-order valence-corrected chi connectivity index (χ2v) is 15.9. The summed E-state index contributed by atoms with van der Waals surface area (Å²) in [5, 5.41) is 13.3. The number of urea groups is 1. The molecule has 14 nitrogen and oxygen atoms in total. The standard InChI is InChI=1S/C37H57N7O7/c1-11-12-18-24(29(46)32(48)38-19-25(45)41-27(33(49)43(9)10)22-16-14-13-15-17-22)40-31(47)28-26-23(37(26,7)8)20-44(28)34(50)30(36(4,5)6)42-35(51)39-21(2)3/h13-17,21,23-24,26-28,30H,11-12,18-20H2,1-10H3,(H,38,48)(H,40,47)(H,41,45)(H2,39,42,51)/t23-,24?,26-,27+,28+,30-/m1/s1. The average molecular weight is 712 g/mol. The van der Waals surface area contributed by atoms with Crippen LogP contribution in [-0.4, -0.2) is 103 Å². The molecule has 1 saturated carbocycles. The molecule has 282 valence electrons. The smallest absolute Gasteiger partial charge is 0.315 e. The predicted octanol–water partition coefficient (Wildman–Crippen LogP) is 1.90. The molecule has 1 saturated heterocycles. The highest BCUT2D eigenvalue weighted by Crippen LogP contribution is 2.65. The highest BCUT2D eigenvalue weighted by atomic mass is 16.2. The van der Waals surface area contributed by atoms with Gasteiger partial charge in [0.15, 0.2) is 0 Å². The predicted molar refractivity (Wildman–Crippen MR) is 192 cm³/mol. The molecule has 7 amide bonds. The summed E-state index contributed by atoms with van der Waals surface area (Å²) in [5.41, 5.74) is -0.352. The normalized spacial score (nSPS) is 20.6. The van der Waals surface area contributed by atoms with Crippen LogP contribution in [0.5, 0.6) is 0 Å². The van der Waals surface area contributed by atoms with Crippen LogP contribution in [-0.2, 0) is 28.8 Å². The Bertz CT molecular complexity index is 1470. The van der Waals surface area contributed by atoms with Gasteiger partial charge in [-0.15, -0.1) is 0 Å². The first-order valence-electron chi connectivity index (χ1n) is 17.8. The van der Waals surface area contributed by atoms with Gasteiger partial charge in [-0.25, -0.2) is 4.79 Å². The third-order valence-electron chi connectivity index (χ3n) is 9.81. The zero-order chi connectivity index (χ0) is 38.4. The molecule has 1 heterocycles. The number of benzene rings is 1. The molecule has 1 aliphatic heterocycles. The van der Waals surface area contributed by atoms with E-state index in [9.17, 15) is 33.6 Å². The van der Waals surface area contributed by atoms with Crippen molar-refractivity contribution in [3.05, 3.63) is 35.9 Å². The van der Waals surface area contributed by atoms with Crippen molar-refractivity contribution in [3.8, 4) is 0 Å². The molecule has 14 heteroatoms. The summed E-state index contributed by atoms with van der Waals surface area (Å²) in [6, 6.07) is 3.97. The first-order chi connectivity index (χ1) is 23.7. The fraction of sp³-hybridized carbons (Fsp3) is 0.649. The number of carbonyl (C=O) groups is 7. The topological polar surface area (TPSA) is 186 Å². The largest absolute Gasteiger partial charge is 0.347 e. The number of hydrogen-bond acceptors (Lipinski definition) is 7. The SMILES string of the molecule is CCCCC(NC(=O)[C@@H]1[C@H]2[C@@H](CN1C(=O)[C@@H](NC(=O)NC(C)C)C(C)(C)C)C2(C)C)C(=O)C(=O)NCC(=O)N[C@H](C(=O)N(C)C)c1ccccc1. The van der Waals surface area contributed by atoms with Crippen molar-refractivity contribution in [2.75, 3.05) is 27.2 Å². The lowest BCUT2D eigenvalue weighted by molar-refractivity contribution is -0.145. The highest BCUT2D eigenvalue weighted by molar-refractivity contribution is 6.38. The number of rotatable bonds is 15. The minimum Gasteiger partial charge on any atom is -0.347 e. The van der Waals surface area contributed by atoms with Gasteiger partial charge in [0, 0.05) is 26.7 Å². The zero-order valence-corrected chi connectivity index (χ0v) is 31.7. The van der Waals surface area contributed by atoms with Crippen molar-refractivity contribution >= 4 is 41.4 Å². The lowest BCUT2D eigenvalue weighted by Crippen LogP contribution is -2.61. The number of unbranched alkanes of at least 4 members (excludes halogenated alkanes) is 1. The molecule has 0 aromatic heterocycles. The number of nitrogens with one attached hydrogen (secondary N) is 5. The molecule has 51 heavy (non-hydrogen) atoms. The van der Waals surface area contributed by atoms with Crippen LogP contribution in [0.25, 0.3) is 0 Å². The molecule has 2 aliphatic rings. The molecule has 1 aliphatic carbocycles. The summed E-state index contributed by atoms with van der Waals surface area (Å²) >= 11 is 0. The quantitative estimate of drug-likeness (QED) is 0.172. The van der Waals surface area contributed by atoms with Gasteiger partial charge in [0.05, 0.1) is 12.6 Å². The number of fused-ring (bicyclic) bond motifs is 1. The highest BCUT2D eigenvalue weighted by Gasteiger charge is 2.70. The third-order valence-corrected chi connectivity index (χ3v) is 9.81. The molecule has 1 aromatic rings. The number of carbonyl (C=O) groups excluding carboxylic acids is 7. The Balaban J connectivity index is 1.75.